The molecule has 0 saturated heterocycles. The molecule has 0 atom stereocenters. The SMILES string of the molecule is CC(C)(C)c1ccc(C(=O)c2ccc(F)cc2Br)s1. The topological polar surface area (TPSA) is 17.1 Å². The number of halogens is 2. The minimum absolute atomic E-state index is 0.0310. The van der Waals surface area contributed by atoms with Gasteiger partial charge in [-0.3, -0.25) is 4.79 Å². The van der Waals surface area contributed by atoms with Crippen LogP contribution in [-0.2, 0) is 5.41 Å². The van der Waals surface area contributed by atoms with Crippen LogP contribution in [0, 0.1) is 5.82 Å². The van der Waals surface area contributed by atoms with Gasteiger partial charge in [-0.25, -0.2) is 4.39 Å². The van der Waals surface area contributed by atoms with Crippen LogP contribution < -0.4 is 0 Å². The molecule has 19 heavy (non-hydrogen) atoms. The molecule has 0 unspecified atom stereocenters. The molecule has 2 rings (SSSR count). The Hall–Kier alpha value is -1.00. The zero-order valence-electron chi connectivity index (χ0n) is 11.0. The lowest BCUT2D eigenvalue weighted by Crippen LogP contribution is -2.08. The van der Waals surface area contributed by atoms with Crippen molar-refractivity contribution >= 4 is 33.0 Å². The van der Waals surface area contributed by atoms with E-state index in [-0.39, 0.29) is 17.0 Å². The molecule has 0 aliphatic rings. The number of benzene rings is 1. The van der Waals surface area contributed by atoms with Crippen molar-refractivity contribution in [2.45, 2.75) is 26.2 Å². The van der Waals surface area contributed by atoms with Gasteiger partial charge in [0.1, 0.15) is 5.82 Å². The number of carbonyl (C=O) groups is 1. The maximum Gasteiger partial charge on any atom is 0.204 e. The number of rotatable bonds is 2. The lowest BCUT2D eigenvalue weighted by molar-refractivity contribution is 0.104. The van der Waals surface area contributed by atoms with Gasteiger partial charge in [0.15, 0.2) is 0 Å². The van der Waals surface area contributed by atoms with E-state index in [9.17, 15) is 9.18 Å². The average molecular weight is 341 g/mol. The molecule has 0 aliphatic heterocycles. The van der Waals surface area contributed by atoms with E-state index in [1.54, 1.807) is 0 Å². The number of hydrogen-bond acceptors (Lipinski definition) is 2. The molecule has 4 heteroatoms. The van der Waals surface area contributed by atoms with Crippen LogP contribution in [-0.4, -0.2) is 5.78 Å². The van der Waals surface area contributed by atoms with E-state index in [0.717, 1.165) is 4.88 Å². The van der Waals surface area contributed by atoms with Crippen molar-refractivity contribution in [1.82, 2.24) is 0 Å². The van der Waals surface area contributed by atoms with Gasteiger partial charge in [0.05, 0.1) is 4.88 Å². The summed E-state index contributed by atoms with van der Waals surface area (Å²) in [6.45, 7) is 6.34. The molecule has 0 bridgehead atoms. The Bertz CT molecular complexity index is 625. The van der Waals surface area contributed by atoms with Gasteiger partial charge in [-0.1, -0.05) is 20.8 Å². The number of ketones is 1. The summed E-state index contributed by atoms with van der Waals surface area (Å²) in [7, 11) is 0. The zero-order chi connectivity index (χ0) is 14.2. The maximum absolute atomic E-state index is 13.0. The molecule has 0 fully saturated rings. The molecule has 0 N–H and O–H groups in total. The highest BCUT2D eigenvalue weighted by atomic mass is 79.9. The summed E-state index contributed by atoms with van der Waals surface area (Å²) in [6, 6.07) is 7.94. The van der Waals surface area contributed by atoms with Gasteiger partial charge >= 0.3 is 0 Å². The third-order valence-corrected chi connectivity index (χ3v) is 4.91. The van der Waals surface area contributed by atoms with Crippen molar-refractivity contribution in [3.63, 3.8) is 0 Å². The second-order valence-corrected chi connectivity index (χ2v) is 7.31. The van der Waals surface area contributed by atoms with Gasteiger partial charge < -0.3 is 0 Å². The van der Waals surface area contributed by atoms with Gasteiger partial charge in [0, 0.05) is 14.9 Å². The molecule has 0 radical (unpaired) electrons. The van der Waals surface area contributed by atoms with Crippen molar-refractivity contribution in [1.29, 1.82) is 0 Å². The minimum Gasteiger partial charge on any atom is -0.288 e. The van der Waals surface area contributed by atoms with Crippen LogP contribution in [0.5, 0.6) is 0 Å². The first-order chi connectivity index (χ1) is 8.79. The Kier molecular flexibility index (Phi) is 3.92. The fraction of sp³-hybridized carbons (Fsp3) is 0.267. The Morgan fingerprint density at radius 1 is 1.21 bits per heavy atom. The van der Waals surface area contributed by atoms with Crippen molar-refractivity contribution in [3.8, 4) is 0 Å². The average Bonchev–Trinajstić information content (AvgIpc) is 2.76. The van der Waals surface area contributed by atoms with Crippen molar-refractivity contribution in [2.24, 2.45) is 0 Å². The Morgan fingerprint density at radius 3 is 2.42 bits per heavy atom. The Morgan fingerprint density at radius 2 is 1.89 bits per heavy atom. The second-order valence-electron chi connectivity index (χ2n) is 5.37. The second kappa shape index (κ2) is 5.17. The van der Waals surface area contributed by atoms with Gasteiger partial charge in [0.25, 0.3) is 0 Å². The van der Waals surface area contributed by atoms with Crippen molar-refractivity contribution < 1.29 is 9.18 Å². The van der Waals surface area contributed by atoms with E-state index in [1.165, 1.54) is 29.5 Å². The maximum atomic E-state index is 13.0. The van der Waals surface area contributed by atoms with Crippen LogP contribution >= 0.6 is 27.3 Å². The molecule has 100 valence electrons. The molecule has 1 aromatic carbocycles. The lowest BCUT2D eigenvalue weighted by atomic mass is 9.95. The number of hydrogen-bond donors (Lipinski definition) is 0. The molecule has 0 amide bonds. The summed E-state index contributed by atoms with van der Waals surface area (Å²) in [4.78, 5) is 14.2. The highest BCUT2D eigenvalue weighted by Crippen LogP contribution is 2.31. The molecular formula is C15H14BrFOS. The molecule has 0 saturated carbocycles. The largest absolute Gasteiger partial charge is 0.288 e. The molecule has 1 nitrogen and oxygen atoms in total. The monoisotopic (exact) mass is 340 g/mol. The van der Waals surface area contributed by atoms with E-state index in [0.29, 0.717) is 14.9 Å². The normalized spacial score (nSPS) is 11.6. The van der Waals surface area contributed by atoms with Crippen LogP contribution in [0.15, 0.2) is 34.8 Å². The Balaban J connectivity index is 2.37. The Labute approximate surface area is 124 Å². The predicted molar refractivity (Wildman–Crippen MR) is 80.6 cm³/mol. The van der Waals surface area contributed by atoms with Gasteiger partial charge in [-0.2, -0.15) is 0 Å². The molecular weight excluding hydrogens is 327 g/mol. The van der Waals surface area contributed by atoms with E-state index in [2.05, 4.69) is 36.7 Å². The van der Waals surface area contributed by atoms with E-state index in [1.807, 2.05) is 12.1 Å². The quantitative estimate of drug-likeness (QED) is 0.688. The fourth-order valence-corrected chi connectivity index (χ4v) is 3.22. The lowest BCUT2D eigenvalue weighted by Gasteiger charge is -2.15. The van der Waals surface area contributed by atoms with Crippen LogP contribution in [0.1, 0.15) is 40.9 Å². The minimum atomic E-state index is -0.356. The molecule has 0 aliphatic carbocycles. The van der Waals surface area contributed by atoms with Crippen LogP contribution in [0.2, 0.25) is 0 Å². The van der Waals surface area contributed by atoms with E-state index < -0.39 is 0 Å². The standard InChI is InChI=1S/C15H14BrFOS/c1-15(2,3)13-7-6-12(19-13)14(18)10-5-4-9(17)8-11(10)16/h4-8H,1-3H3. The predicted octanol–water partition coefficient (Wildman–Crippen LogP) is 5.18. The number of carbonyl (C=O) groups excluding carboxylic acids is 1. The summed E-state index contributed by atoms with van der Waals surface area (Å²) in [5.41, 5.74) is 0.521. The van der Waals surface area contributed by atoms with Gasteiger partial charge in [0.2, 0.25) is 5.78 Å². The van der Waals surface area contributed by atoms with E-state index >= 15 is 0 Å². The fourth-order valence-electron chi connectivity index (χ4n) is 1.67. The summed E-state index contributed by atoms with van der Waals surface area (Å²) in [5, 5.41) is 0. The van der Waals surface area contributed by atoms with E-state index in [4.69, 9.17) is 0 Å². The highest BCUT2D eigenvalue weighted by Gasteiger charge is 2.20. The number of thiophene rings is 1. The van der Waals surface area contributed by atoms with Crippen LogP contribution in [0.3, 0.4) is 0 Å². The molecule has 1 heterocycles. The molecule has 1 aromatic heterocycles. The summed E-state index contributed by atoms with van der Waals surface area (Å²) in [5.74, 6) is -0.433. The first-order valence-electron chi connectivity index (χ1n) is 5.89. The van der Waals surface area contributed by atoms with Crippen molar-refractivity contribution in [2.75, 3.05) is 0 Å². The first kappa shape index (κ1) is 14.4. The molecule has 0 spiro atoms. The first-order valence-corrected chi connectivity index (χ1v) is 7.50. The van der Waals surface area contributed by atoms with Crippen LogP contribution in [0.4, 0.5) is 4.39 Å². The molecule has 2 aromatic rings. The van der Waals surface area contributed by atoms with Gasteiger partial charge in [-0.15, -0.1) is 11.3 Å². The van der Waals surface area contributed by atoms with Gasteiger partial charge in [-0.05, 0) is 51.7 Å². The highest BCUT2D eigenvalue weighted by molar-refractivity contribution is 9.10. The summed E-state index contributed by atoms with van der Waals surface area (Å²) in [6.07, 6.45) is 0. The van der Waals surface area contributed by atoms with Crippen LogP contribution in [0.25, 0.3) is 0 Å². The summed E-state index contributed by atoms with van der Waals surface area (Å²) < 4.78 is 13.5. The van der Waals surface area contributed by atoms with Crippen molar-refractivity contribution in [3.05, 3.63) is 55.9 Å². The zero-order valence-corrected chi connectivity index (χ0v) is 13.4. The summed E-state index contributed by atoms with van der Waals surface area (Å²) >= 11 is 4.73. The third kappa shape index (κ3) is 3.12. The third-order valence-electron chi connectivity index (χ3n) is 2.74. The smallest absolute Gasteiger partial charge is 0.204 e.